The van der Waals surface area contributed by atoms with Crippen LogP contribution in [-0.4, -0.2) is 53.1 Å². The molecule has 3 rings (SSSR count). The molecular weight excluding hydrogens is 370 g/mol. The lowest BCUT2D eigenvalue weighted by Crippen LogP contribution is -2.35. The van der Waals surface area contributed by atoms with Crippen LogP contribution in [0.4, 0.5) is 5.95 Å². The zero-order valence-corrected chi connectivity index (χ0v) is 15.4. The van der Waals surface area contributed by atoms with E-state index in [1.165, 1.54) is 30.5 Å². The van der Waals surface area contributed by atoms with Gasteiger partial charge < -0.3 is 20.6 Å². The number of hydrogen-bond donors (Lipinski definition) is 3. The smallest absolute Gasteiger partial charge is 0.271 e. The fourth-order valence-electron chi connectivity index (χ4n) is 2.74. The molecule has 0 bridgehead atoms. The molecule has 0 spiro atoms. The van der Waals surface area contributed by atoms with Crippen LogP contribution in [0.5, 0.6) is 5.75 Å². The Bertz CT molecular complexity index is 822. The number of carbonyl (C=O) groups excluding carboxylic acids is 2. The van der Waals surface area contributed by atoms with Gasteiger partial charge in [0.2, 0.25) is 5.95 Å². The molecular formula is C18H20ClN5O3. The highest BCUT2D eigenvalue weighted by Crippen LogP contribution is 2.19. The molecule has 8 nitrogen and oxygen atoms in total. The minimum absolute atomic E-state index is 0.0915. The maximum Gasteiger partial charge on any atom is 0.271 e. The lowest BCUT2D eigenvalue weighted by atomic mass is 10.2. The number of aromatic nitrogens is 2. The maximum atomic E-state index is 12.3. The van der Waals surface area contributed by atoms with Gasteiger partial charge in [0.25, 0.3) is 11.8 Å². The predicted molar refractivity (Wildman–Crippen MR) is 101 cm³/mol. The van der Waals surface area contributed by atoms with Crippen molar-refractivity contribution >= 4 is 29.4 Å². The van der Waals surface area contributed by atoms with Crippen LogP contribution in [0, 0.1) is 0 Å². The summed E-state index contributed by atoms with van der Waals surface area (Å²) in [5, 5.41) is 14.8. The monoisotopic (exact) mass is 389 g/mol. The Morgan fingerprint density at radius 3 is 2.37 bits per heavy atom. The summed E-state index contributed by atoms with van der Waals surface area (Å²) in [5.41, 5.74) is 0.548. The summed E-state index contributed by atoms with van der Waals surface area (Å²) in [7, 11) is 0. The number of amides is 2. The van der Waals surface area contributed by atoms with Crippen molar-refractivity contribution in [1.29, 1.82) is 0 Å². The number of aromatic hydroxyl groups is 1. The zero-order chi connectivity index (χ0) is 19.2. The Kier molecular flexibility index (Phi) is 6.08. The van der Waals surface area contributed by atoms with Gasteiger partial charge in [-0.3, -0.25) is 9.59 Å². The third-order valence-electron chi connectivity index (χ3n) is 4.16. The molecule has 0 aliphatic carbocycles. The van der Waals surface area contributed by atoms with E-state index in [0.29, 0.717) is 11.5 Å². The van der Waals surface area contributed by atoms with Crippen molar-refractivity contribution in [3.05, 3.63) is 46.7 Å². The quantitative estimate of drug-likeness (QED) is 0.648. The predicted octanol–water partition coefficient (Wildman–Crippen LogP) is 1.60. The maximum absolute atomic E-state index is 12.3. The molecule has 0 radical (unpaired) electrons. The molecule has 1 aliphatic rings. The first-order valence-corrected chi connectivity index (χ1v) is 9.05. The van der Waals surface area contributed by atoms with Gasteiger partial charge in [-0.2, -0.15) is 0 Å². The van der Waals surface area contributed by atoms with Gasteiger partial charge in [-0.25, -0.2) is 9.97 Å². The average Bonchev–Trinajstić information content (AvgIpc) is 3.20. The lowest BCUT2D eigenvalue weighted by Gasteiger charge is -2.16. The number of benzene rings is 1. The van der Waals surface area contributed by atoms with Crippen LogP contribution in [0.1, 0.15) is 33.7 Å². The molecule has 1 fully saturated rings. The minimum atomic E-state index is -0.415. The average molecular weight is 390 g/mol. The molecule has 0 saturated carbocycles. The van der Waals surface area contributed by atoms with E-state index in [2.05, 4.69) is 20.6 Å². The van der Waals surface area contributed by atoms with Gasteiger partial charge in [0.05, 0.1) is 11.2 Å². The SMILES string of the molecule is O=C(NCCNC(=O)c1nc(N2CCCC2)ncc1Cl)c1ccc(O)cc1. The van der Waals surface area contributed by atoms with E-state index in [9.17, 15) is 14.7 Å². The summed E-state index contributed by atoms with van der Waals surface area (Å²) >= 11 is 6.06. The normalized spacial score (nSPS) is 13.4. The summed E-state index contributed by atoms with van der Waals surface area (Å²) in [4.78, 5) is 34.8. The van der Waals surface area contributed by atoms with E-state index in [-0.39, 0.29) is 35.5 Å². The summed E-state index contributed by atoms with van der Waals surface area (Å²) in [5.74, 6) is -0.112. The minimum Gasteiger partial charge on any atom is -0.508 e. The molecule has 142 valence electrons. The number of halogens is 1. The van der Waals surface area contributed by atoms with E-state index in [1.807, 2.05) is 4.90 Å². The topological polar surface area (TPSA) is 107 Å². The number of phenols is 1. The first-order valence-electron chi connectivity index (χ1n) is 8.67. The highest BCUT2D eigenvalue weighted by Gasteiger charge is 2.19. The number of nitrogens with zero attached hydrogens (tertiary/aromatic N) is 3. The lowest BCUT2D eigenvalue weighted by molar-refractivity contribution is 0.0925. The van der Waals surface area contributed by atoms with Gasteiger partial charge in [-0.15, -0.1) is 0 Å². The largest absolute Gasteiger partial charge is 0.508 e. The van der Waals surface area contributed by atoms with Crippen LogP contribution in [0.15, 0.2) is 30.5 Å². The summed E-state index contributed by atoms with van der Waals surface area (Å²) in [6, 6.07) is 5.91. The molecule has 27 heavy (non-hydrogen) atoms. The first-order chi connectivity index (χ1) is 13.0. The molecule has 1 aliphatic heterocycles. The highest BCUT2D eigenvalue weighted by molar-refractivity contribution is 6.33. The molecule has 3 N–H and O–H groups in total. The molecule has 2 aromatic rings. The van der Waals surface area contributed by atoms with E-state index in [0.717, 1.165) is 25.9 Å². The van der Waals surface area contributed by atoms with Crippen LogP contribution in [-0.2, 0) is 0 Å². The van der Waals surface area contributed by atoms with Crippen molar-refractivity contribution in [2.24, 2.45) is 0 Å². The fourth-order valence-corrected chi connectivity index (χ4v) is 2.91. The van der Waals surface area contributed by atoms with E-state index < -0.39 is 5.91 Å². The summed E-state index contributed by atoms with van der Waals surface area (Å²) < 4.78 is 0. The van der Waals surface area contributed by atoms with Gasteiger partial charge in [-0.05, 0) is 37.1 Å². The third-order valence-corrected chi connectivity index (χ3v) is 4.44. The number of nitrogens with one attached hydrogen (secondary N) is 2. The van der Waals surface area contributed by atoms with Crippen molar-refractivity contribution in [2.75, 3.05) is 31.1 Å². The molecule has 0 atom stereocenters. The number of anilines is 1. The Morgan fingerprint density at radius 1 is 1.07 bits per heavy atom. The molecule has 0 unspecified atom stereocenters. The fraction of sp³-hybridized carbons (Fsp3) is 0.333. The van der Waals surface area contributed by atoms with Crippen LogP contribution >= 0.6 is 11.6 Å². The van der Waals surface area contributed by atoms with Crippen LogP contribution in [0.3, 0.4) is 0 Å². The number of carbonyl (C=O) groups is 2. The number of hydrogen-bond acceptors (Lipinski definition) is 6. The Hall–Kier alpha value is -2.87. The highest BCUT2D eigenvalue weighted by atomic mass is 35.5. The molecule has 9 heteroatoms. The second-order valence-electron chi connectivity index (χ2n) is 6.12. The number of rotatable bonds is 6. The third kappa shape index (κ3) is 4.85. The Balaban J connectivity index is 1.51. The van der Waals surface area contributed by atoms with Crippen LogP contribution in [0.25, 0.3) is 0 Å². The molecule has 2 heterocycles. The van der Waals surface area contributed by atoms with Crippen molar-refractivity contribution in [3.8, 4) is 5.75 Å². The van der Waals surface area contributed by atoms with Crippen molar-refractivity contribution in [3.63, 3.8) is 0 Å². The van der Waals surface area contributed by atoms with E-state index in [1.54, 1.807) is 0 Å². The van der Waals surface area contributed by atoms with Gasteiger partial charge in [0.1, 0.15) is 5.75 Å². The van der Waals surface area contributed by atoms with Crippen molar-refractivity contribution < 1.29 is 14.7 Å². The molecule has 1 aromatic carbocycles. The zero-order valence-electron chi connectivity index (χ0n) is 14.6. The van der Waals surface area contributed by atoms with Crippen LogP contribution in [0.2, 0.25) is 5.02 Å². The Morgan fingerprint density at radius 2 is 1.70 bits per heavy atom. The molecule has 1 aromatic heterocycles. The molecule has 1 saturated heterocycles. The number of phenolic OH excluding ortho intramolecular Hbond substituents is 1. The van der Waals surface area contributed by atoms with Crippen molar-refractivity contribution in [1.82, 2.24) is 20.6 Å². The van der Waals surface area contributed by atoms with Crippen LogP contribution < -0.4 is 15.5 Å². The standard InChI is InChI=1S/C18H20ClN5O3/c19-14-11-22-18(24-9-1-2-10-24)23-15(14)17(27)21-8-7-20-16(26)12-3-5-13(25)6-4-12/h3-6,11,25H,1-2,7-10H2,(H,20,26)(H,21,27). The van der Waals surface area contributed by atoms with Gasteiger partial charge in [-0.1, -0.05) is 11.6 Å². The van der Waals surface area contributed by atoms with E-state index >= 15 is 0 Å². The second-order valence-corrected chi connectivity index (χ2v) is 6.53. The van der Waals surface area contributed by atoms with Crippen molar-refractivity contribution in [2.45, 2.75) is 12.8 Å². The van der Waals surface area contributed by atoms with Gasteiger partial charge >= 0.3 is 0 Å². The summed E-state index contributed by atoms with van der Waals surface area (Å²) in [6.45, 7) is 2.20. The Labute approximate surface area is 161 Å². The summed E-state index contributed by atoms with van der Waals surface area (Å²) in [6.07, 6.45) is 3.59. The van der Waals surface area contributed by atoms with E-state index in [4.69, 9.17) is 11.6 Å². The van der Waals surface area contributed by atoms with Gasteiger partial charge in [0.15, 0.2) is 5.69 Å². The second kappa shape index (κ2) is 8.68. The first kappa shape index (κ1) is 18.9. The molecule has 2 amide bonds. The van der Waals surface area contributed by atoms with Gasteiger partial charge in [0, 0.05) is 31.7 Å².